The van der Waals surface area contributed by atoms with Gasteiger partial charge >= 0.3 is 0 Å². The zero-order valence-electron chi connectivity index (χ0n) is 20.4. The lowest BCUT2D eigenvalue weighted by Gasteiger charge is -2.26. The predicted molar refractivity (Wildman–Crippen MR) is 132 cm³/mol. The summed E-state index contributed by atoms with van der Waals surface area (Å²) >= 11 is 0. The van der Waals surface area contributed by atoms with E-state index in [1.165, 1.54) is 0 Å². The molecule has 1 saturated heterocycles. The van der Waals surface area contributed by atoms with Crippen LogP contribution in [-0.2, 0) is 9.59 Å². The number of benzene rings is 2. The molecule has 0 bridgehead atoms. The average molecular weight is 467 g/mol. The van der Waals surface area contributed by atoms with Crippen molar-refractivity contribution in [2.75, 3.05) is 40.4 Å². The van der Waals surface area contributed by atoms with Crippen LogP contribution in [0.1, 0.15) is 43.9 Å². The first-order chi connectivity index (χ1) is 16.4. The number of hydrogen-bond donors (Lipinski definition) is 1. The second kappa shape index (κ2) is 11.7. The molecule has 3 rings (SSSR count). The molecule has 0 aromatic heterocycles. The van der Waals surface area contributed by atoms with E-state index in [2.05, 4.69) is 0 Å². The summed E-state index contributed by atoms with van der Waals surface area (Å²) in [6.45, 7) is 6.26. The zero-order chi connectivity index (χ0) is 24.7. The van der Waals surface area contributed by atoms with Gasteiger partial charge in [0.1, 0.15) is 17.3 Å². The number of aliphatic hydroxyl groups excluding tert-OH is 1. The number of rotatable bonds is 11. The van der Waals surface area contributed by atoms with E-state index in [1.54, 1.807) is 29.2 Å². The van der Waals surface area contributed by atoms with Gasteiger partial charge in [-0.05, 0) is 82.4 Å². The zero-order valence-corrected chi connectivity index (χ0v) is 20.4. The Labute approximate surface area is 201 Å². The summed E-state index contributed by atoms with van der Waals surface area (Å²) in [5.74, 6) is -0.0619. The Morgan fingerprint density at radius 1 is 0.971 bits per heavy atom. The SMILES string of the molecule is CCCOc1ccc(C(O)=C2C(=O)C(=O)N(CCCN(C)C)[C@@H]2c2ccc(OCC)cc2)cc1. The molecule has 1 N–H and O–H groups in total. The largest absolute Gasteiger partial charge is 0.507 e. The molecule has 7 nitrogen and oxygen atoms in total. The molecule has 7 heteroatoms. The summed E-state index contributed by atoms with van der Waals surface area (Å²) in [7, 11) is 3.93. The molecule has 182 valence electrons. The van der Waals surface area contributed by atoms with Crippen molar-refractivity contribution in [3.63, 3.8) is 0 Å². The van der Waals surface area contributed by atoms with Gasteiger partial charge in [-0.2, -0.15) is 0 Å². The Balaban J connectivity index is 2.01. The van der Waals surface area contributed by atoms with Gasteiger partial charge in [0.25, 0.3) is 11.7 Å². The number of likely N-dealkylation sites (tertiary alicyclic amines) is 1. The van der Waals surface area contributed by atoms with Crippen molar-refractivity contribution in [1.29, 1.82) is 0 Å². The van der Waals surface area contributed by atoms with Gasteiger partial charge < -0.3 is 24.4 Å². The van der Waals surface area contributed by atoms with Gasteiger partial charge in [0.15, 0.2) is 0 Å². The van der Waals surface area contributed by atoms with Crippen molar-refractivity contribution < 1.29 is 24.2 Å². The van der Waals surface area contributed by atoms with Gasteiger partial charge in [-0.15, -0.1) is 0 Å². The second-order valence-electron chi connectivity index (χ2n) is 8.52. The minimum atomic E-state index is -0.674. The van der Waals surface area contributed by atoms with E-state index in [9.17, 15) is 14.7 Å². The molecule has 1 aliphatic heterocycles. The van der Waals surface area contributed by atoms with E-state index in [1.807, 2.05) is 57.1 Å². The predicted octanol–water partition coefficient (Wildman–Crippen LogP) is 4.25. The Morgan fingerprint density at radius 3 is 2.18 bits per heavy atom. The molecular formula is C27H34N2O5. The van der Waals surface area contributed by atoms with E-state index in [0.29, 0.717) is 43.2 Å². The number of hydrogen-bond acceptors (Lipinski definition) is 6. The lowest BCUT2D eigenvalue weighted by atomic mass is 9.95. The van der Waals surface area contributed by atoms with Crippen LogP contribution in [-0.4, -0.2) is 67.0 Å². The number of aliphatic hydroxyl groups is 1. The van der Waals surface area contributed by atoms with Gasteiger partial charge in [-0.1, -0.05) is 19.1 Å². The Bertz CT molecular complexity index is 1010. The maximum atomic E-state index is 13.1. The first-order valence-corrected chi connectivity index (χ1v) is 11.8. The van der Waals surface area contributed by atoms with Crippen molar-refractivity contribution in [2.24, 2.45) is 0 Å². The van der Waals surface area contributed by atoms with Crippen LogP contribution in [0, 0.1) is 0 Å². The fraction of sp³-hybridized carbons (Fsp3) is 0.407. The fourth-order valence-corrected chi connectivity index (χ4v) is 4.01. The van der Waals surface area contributed by atoms with Crippen LogP contribution >= 0.6 is 0 Å². The van der Waals surface area contributed by atoms with Crippen LogP contribution in [0.3, 0.4) is 0 Å². The van der Waals surface area contributed by atoms with Crippen LogP contribution in [0.4, 0.5) is 0 Å². The highest BCUT2D eigenvalue weighted by Gasteiger charge is 2.45. The second-order valence-corrected chi connectivity index (χ2v) is 8.52. The maximum absolute atomic E-state index is 13.1. The van der Waals surface area contributed by atoms with E-state index in [0.717, 1.165) is 18.5 Å². The molecule has 0 radical (unpaired) electrons. The van der Waals surface area contributed by atoms with Gasteiger partial charge in [0.2, 0.25) is 0 Å². The summed E-state index contributed by atoms with van der Waals surface area (Å²) in [4.78, 5) is 29.7. The highest BCUT2D eigenvalue weighted by Crippen LogP contribution is 2.40. The van der Waals surface area contributed by atoms with Crippen molar-refractivity contribution in [3.8, 4) is 11.5 Å². The molecule has 0 saturated carbocycles. The van der Waals surface area contributed by atoms with Crippen molar-refractivity contribution in [2.45, 2.75) is 32.7 Å². The third-order valence-corrected chi connectivity index (χ3v) is 5.65. The van der Waals surface area contributed by atoms with Crippen molar-refractivity contribution >= 4 is 17.4 Å². The van der Waals surface area contributed by atoms with Gasteiger partial charge in [0.05, 0.1) is 24.8 Å². The topological polar surface area (TPSA) is 79.3 Å². The summed E-state index contributed by atoms with van der Waals surface area (Å²) in [5, 5.41) is 11.2. The monoisotopic (exact) mass is 466 g/mol. The molecule has 1 aliphatic rings. The number of ether oxygens (including phenoxy) is 2. The molecule has 34 heavy (non-hydrogen) atoms. The first-order valence-electron chi connectivity index (χ1n) is 11.8. The molecule has 1 amide bonds. The highest BCUT2D eigenvalue weighted by molar-refractivity contribution is 6.46. The number of nitrogens with zero attached hydrogens (tertiary/aromatic N) is 2. The minimum Gasteiger partial charge on any atom is -0.507 e. The molecular weight excluding hydrogens is 432 g/mol. The summed E-state index contributed by atoms with van der Waals surface area (Å²) < 4.78 is 11.2. The van der Waals surface area contributed by atoms with Gasteiger partial charge in [-0.25, -0.2) is 0 Å². The Kier molecular flexibility index (Phi) is 8.71. The van der Waals surface area contributed by atoms with E-state index in [4.69, 9.17) is 9.47 Å². The maximum Gasteiger partial charge on any atom is 0.295 e. The van der Waals surface area contributed by atoms with Crippen molar-refractivity contribution in [1.82, 2.24) is 9.80 Å². The van der Waals surface area contributed by atoms with Gasteiger partial charge in [0, 0.05) is 12.1 Å². The third-order valence-electron chi connectivity index (χ3n) is 5.65. The molecule has 2 aromatic carbocycles. The lowest BCUT2D eigenvalue weighted by Crippen LogP contribution is -2.32. The first kappa shape index (κ1) is 25.3. The highest BCUT2D eigenvalue weighted by atomic mass is 16.5. The third kappa shape index (κ3) is 5.78. The van der Waals surface area contributed by atoms with E-state index < -0.39 is 17.7 Å². The summed E-state index contributed by atoms with van der Waals surface area (Å²) in [6, 6.07) is 13.6. The summed E-state index contributed by atoms with van der Waals surface area (Å²) in [5.41, 5.74) is 1.31. The van der Waals surface area contributed by atoms with E-state index in [-0.39, 0.29) is 11.3 Å². The molecule has 0 spiro atoms. The lowest BCUT2D eigenvalue weighted by molar-refractivity contribution is -0.139. The number of ketones is 1. The average Bonchev–Trinajstić information content (AvgIpc) is 3.08. The van der Waals surface area contributed by atoms with Crippen molar-refractivity contribution in [3.05, 3.63) is 65.2 Å². The molecule has 0 aliphatic carbocycles. The Morgan fingerprint density at radius 2 is 1.59 bits per heavy atom. The number of carbonyl (C=O) groups is 2. The molecule has 1 heterocycles. The smallest absolute Gasteiger partial charge is 0.295 e. The quantitative estimate of drug-likeness (QED) is 0.303. The van der Waals surface area contributed by atoms with Gasteiger partial charge in [-0.3, -0.25) is 9.59 Å². The summed E-state index contributed by atoms with van der Waals surface area (Å²) in [6.07, 6.45) is 1.60. The van der Waals surface area contributed by atoms with Crippen LogP contribution in [0.2, 0.25) is 0 Å². The molecule has 1 atom stereocenters. The van der Waals surface area contributed by atoms with Crippen LogP contribution < -0.4 is 9.47 Å². The minimum absolute atomic E-state index is 0.0984. The molecule has 1 fully saturated rings. The number of amides is 1. The number of Topliss-reactive ketones (excluding diaryl/α,β-unsaturated/α-hetero) is 1. The fourth-order valence-electron chi connectivity index (χ4n) is 4.01. The Hall–Kier alpha value is -3.32. The normalized spacial score (nSPS) is 17.4. The molecule has 2 aromatic rings. The van der Waals surface area contributed by atoms with Crippen LogP contribution in [0.5, 0.6) is 11.5 Å². The standard InChI is InChI=1S/C27H34N2O5/c1-5-18-34-22-14-10-20(11-15-22)25(30)23-24(19-8-12-21(13-9-19)33-6-2)29(27(32)26(23)31)17-7-16-28(3)4/h8-15,24,30H,5-7,16-18H2,1-4H3/t24-/m1/s1. The van der Waals surface area contributed by atoms with Crippen LogP contribution in [0.25, 0.3) is 5.76 Å². The molecule has 0 unspecified atom stereocenters. The number of carbonyl (C=O) groups excluding carboxylic acids is 2. The van der Waals surface area contributed by atoms with E-state index >= 15 is 0 Å². The van der Waals surface area contributed by atoms with Crippen LogP contribution in [0.15, 0.2) is 54.1 Å².